The number of hydrogen-bond acceptors (Lipinski definition) is 4. The van der Waals surface area contributed by atoms with Gasteiger partial charge in [0, 0.05) is 11.4 Å². The molecule has 0 aliphatic carbocycles. The summed E-state index contributed by atoms with van der Waals surface area (Å²) in [6.45, 7) is 0. The predicted molar refractivity (Wildman–Crippen MR) is 69.2 cm³/mol. The standard InChI is InChI=1S/C14H12N2O2.2Na/c15-9-5-1-3-7-11(9)14(18)12-8(13(7)17)4-2-6-10(12)16;;/h1-6,17-18H,15-16H2;;/q;2*+1/p-2. The summed E-state index contributed by atoms with van der Waals surface area (Å²) in [5.74, 6) is -0.491. The largest absolute Gasteiger partial charge is 1.00 e. The molecule has 0 aliphatic rings. The number of benzene rings is 3. The van der Waals surface area contributed by atoms with E-state index in [1.54, 1.807) is 36.4 Å². The minimum absolute atomic E-state index is 0. The van der Waals surface area contributed by atoms with E-state index < -0.39 is 0 Å². The van der Waals surface area contributed by atoms with Gasteiger partial charge in [0.25, 0.3) is 0 Å². The zero-order chi connectivity index (χ0) is 12.9. The average molecular weight is 284 g/mol. The third-order valence-electron chi connectivity index (χ3n) is 3.14. The van der Waals surface area contributed by atoms with Gasteiger partial charge in [-0.25, -0.2) is 0 Å². The summed E-state index contributed by atoms with van der Waals surface area (Å²) in [6, 6.07) is 9.76. The maximum atomic E-state index is 12.4. The summed E-state index contributed by atoms with van der Waals surface area (Å²) >= 11 is 0. The Labute approximate surface area is 160 Å². The Kier molecular flexibility index (Phi) is 5.61. The molecule has 0 spiro atoms. The molecule has 0 amide bonds. The first-order valence-corrected chi connectivity index (χ1v) is 5.47. The van der Waals surface area contributed by atoms with Crippen molar-refractivity contribution in [1.82, 2.24) is 0 Å². The van der Waals surface area contributed by atoms with Crippen molar-refractivity contribution in [3.63, 3.8) is 0 Å². The summed E-state index contributed by atoms with van der Waals surface area (Å²) in [5, 5.41) is 25.9. The number of hydrogen-bond donors (Lipinski definition) is 2. The van der Waals surface area contributed by atoms with E-state index in [9.17, 15) is 10.2 Å². The van der Waals surface area contributed by atoms with Gasteiger partial charge < -0.3 is 21.7 Å². The monoisotopic (exact) mass is 284 g/mol. The minimum atomic E-state index is -0.282. The molecule has 4 N–H and O–H groups in total. The molecular formula is C14H10N2Na2O2. The van der Waals surface area contributed by atoms with E-state index in [0.29, 0.717) is 22.1 Å². The van der Waals surface area contributed by atoms with Gasteiger partial charge in [0.05, 0.1) is 0 Å². The molecule has 0 radical (unpaired) electrons. The van der Waals surface area contributed by atoms with Crippen molar-refractivity contribution >= 4 is 32.9 Å². The SMILES string of the molecule is Nc1cccc2c([O-])c3cccc(N)c3c([O-])c12.[Na+].[Na+]. The van der Waals surface area contributed by atoms with Crippen LogP contribution >= 0.6 is 0 Å². The van der Waals surface area contributed by atoms with Gasteiger partial charge in [0.1, 0.15) is 0 Å². The van der Waals surface area contributed by atoms with E-state index in [0.717, 1.165) is 0 Å². The summed E-state index contributed by atoms with van der Waals surface area (Å²) in [6.07, 6.45) is 0. The van der Waals surface area contributed by atoms with Crippen LogP contribution in [0.2, 0.25) is 0 Å². The molecule has 3 aromatic carbocycles. The van der Waals surface area contributed by atoms with Crippen LogP contribution in [-0.4, -0.2) is 0 Å². The fourth-order valence-corrected chi connectivity index (χ4v) is 2.30. The molecule has 0 saturated heterocycles. The molecule has 6 heteroatoms. The van der Waals surface area contributed by atoms with Gasteiger partial charge in [-0.05, 0) is 33.7 Å². The maximum absolute atomic E-state index is 12.4. The zero-order valence-electron chi connectivity index (χ0n) is 11.4. The summed E-state index contributed by atoms with van der Waals surface area (Å²) in [4.78, 5) is 0. The van der Waals surface area contributed by atoms with Crippen LogP contribution in [0.25, 0.3) is 21.5 Å². The molecule has 3 aromatic rings. The topological polar surface area (TPSA) is 98.2 Å². The number of anilines is 2. The van der Waals surface area contributed by atoms with E-state index in [1.807, 2.05) is 0 Å². The normalized spacial score (nSPS) is 10.0. The third-order valence-corrected chi connectivity index (χ3v) is 3.14. The molecule has 0 bridgehead atoms. The van der Waals surface area contributed by atoms with E-state index in [1.165, 1.54) is 0 Å². The van der Waals surface area contributed by atoms with Crippen LogP contribution in [0, 0.1) is 0 Å². The van der Waals surface area contributed by atoms with Gasteiger partial charge in [0.15, 0.2) is 0 Å². The molecule has 4 nitrogen and oxygen atoms in total. The Morgan fingerprint density at radius 3 is 1.45 bits per heavy atom. The van der Waals surface area contributed by atoms with Gasteiger partial charge in [-0.1, -0.05) is 35.8 Å². The van der Waals surface area contributed by atoms with Crippen molar-refractivity contribution in [3.8, 4) is 11.5 Å². The molecule has 3 rings (SSSR count). The molecule has 90 valence electrons. The molecule has 0 saturated carbocycles. The fraction of sp³-hybridized carbons (Fsp3) is 0. The smallest absolute Gasteiger partial charge is 0.872 e. The van der Waals surface area contributed by atoms with E-state index in [-0.39, 0.29) is 81.4 Å². The van der Waals surface area contributed by atoms with Crippen LogP contribution in [0.5, 0.6) is 11.5 Å². The van der Waals surface area contributed by atoms with Gasteiger partial charge in [-0.3, -0.25) is 0 Å². The molecule has 20 heavy (non-hydrogen) atoms. The van der Waals surface area contributed by atoms with Crippen LogP contribution in [0.4, 0.5) is 11.4 Å². The Bertz CT molecular complexity index is 728. The second-order valence-corrected chi connectivity index (χ2v) is 4.20. The molecule has 0 aliphatic heterocycles. The van der Waals surface area contributed by atoms with Crippen LogP contribution in [0.1, 0.15) is 0 Å². The maximum Gasteiger partial charge on any atom is 1.00 e. The van der Waals surface area contributed by atoms with Crippen LogP contribution in [0.3, 0.4) is 0 Å². The van der Waals surface area contributed by atoms with Crippen LogP contribution in [0.15, 0.2) is 36.4 Å². The Balaban J connectivity index is 0.000001000. The zero-order valence-corrected chi connectivity index (χ0v) is 15.4. The van der Waals surface area contributed by atoms with Gasteiger partial charge >= 0.3 is 59.1 Å². The van der Waals surface area contributed by atoms with Crippen molar-refractivity contribution in [1.29, 1.82) is 0 Å². The first-order valence-electron chi connectivity index (χ1n) is 5.47. The minimum Gasteiger partial charge on any atom is -0.872 e. The van der Waals surface area contributed by atoms with E-state index in [2.05, 4.69) is 0 Å². The number of nitrogens with two attached hydrogens (primary N) is 2. The fourth-order valence-electron chi connectivity index (χ4n) is 2.30. The Hall–Kier alpha value is -0.620. The quantitative estimate of drug-likeness (QED) is 0.246. The summed E-state index contributed by atoms with van der Waals surface area (Å²) in [7, 11) is 0. The molecule has 0 atom stereocenters. The number of rotatable bonds is 0. The van der Waals surface area contributed by atoms with Crippen LogP contribution < -0.4 is 80.8 Å². The average Bonchev–Trinajstić information content (AvgIpc) is 2.35. The molecule has 0 fully saturated rings. The first-order chi connectivity index (χ1) is 8.61. The molecular weight excluding hydrogens is 274 g/mol. The third kappa shape index (κ3) is 2.48. The van der Waals surface area contributed by atoms with Crippen molar-refractivity contribution in [2.45, 2.75) is 0 Å². The number of nitrogen functional groups attached to an aromatic ring is 2. The summed E-state index contributed by atoms with van der Waals surface area (Å²) < 4.78 is 0. The van der Waals surface area contributed by atoms with Crippen molar-refractivity contribution in [3.05, 3.63) is 36.4 Å². The van der Waals surface area contributed by atoms with Crippen molar-refractivity contribution < 1.29 is 69.3 Å². The molecule has 0 aromatic heterocycles. The van der Waals surface area contributed by atoms with E-state index in [4.69, 9.17) is 11.5 Å². The Morgan fingerprint density at radius 1 is 0.650 bits per heavy atom. The van der Waals surface area contributed by atoms with Gasteiger partial charge in [-0.2, -0.15) is 0 Å². The van der Waals surface area contributed by atoms with Crippen molar-refractivity contribution in [2.75, 3.05) is 11.5 Å². The van der Waals surface area contributed by atoms with Crippen LogP contribution in [-0.2, 0) is 0 Å². The second-order valence-electron chi connectivity index (χ2n) is 4.20. The Morgan fingerprint density at radius 2 is 1.05 bits per heavy atom. The van der Waals surface area contributed by atoms with Gasteiger partial charge in [-0.15, -0.1) is 0 Å². The van der Waals surface area contributed by atoms with Crippen molar-refractivity contribution in [2.24, 2.45) is 0 Å². The molecule has 0 heterocycles. The van der Waals surface area contributed by atoms with E-state index >= 15 is 0 Å². The predicted octanol–water partition coefficient (Wildman–Crippen LogP) is -4.69. The molecule has 0 unspecified atom stereocenters. The second kappa shape index (κ2) is 6.43. The van der Waals surface area contributed by atoms with Gasteiger partial charge in [0.2, 0.25) is 0 Å². The first kappa shape index (κ1) is 17.4. The summed E-state index contributed by atoms with van der Waals surface area (Å²) in [5.41, 5.74) is 12.2. The number of fused-ring (bicyclic) bond motifs is 2.